The number of methoxy groups -OCH3 is 1. The summed E-state index contributed by atoms with van der Waals surface area (Å²) in [5.41, 5.74) is 5.67. The van der Waals surface area contributed by atoms with E-state index in [2.05, 4.69) is 28.6 Å². The molecule has 0 rings (SSSR count). The van der Waals surface area contributed by atoms with Gasteiger partial charge < -0.3 is 26.4 Å². The fourth-order valence-electron chi connectivity index (χ4n) is 2.54. The van der Waals surface area contributed by atoms with Gasteiger partial charge in [-0.1, -0.05) is 27.7 Å². The monoisotopic (exact) mass is 464 g/mol. The van der Waals surface area contributed by atoms with Crippen molar-refractivity contribution in [1.29, 1.82) is 0 Å². The third-order valence-corrected chi connectivity index (χ3v) is 5.48. The van der Waals surface area contributed by atoms with Gasteiger partial charge in [0.25, 0.3) is 0 Å². The number of esters is 1. The van der Waals surface area contributed by atoms with Crippen LogP contribution >= 0.6 is 24.4 Å². The van der Waals surface area contributed by atoms with E-state index in [0.29, 0.717) is 12.2 Å². The van der Waals surface area contributed by atoms with Crippen LogP contribution in [0.4, 0.5) is 0 Å². The van der Waals surface area contributed by atoms with Crippen LogP contribution in [0.25, 0.3) is 0 Å². The number of carbonyl (C=O) groups excluding carboxylic acids is 4. The van der Waals surface area contributed by atoms with Crippen LogP contribution in [-0.4, -0.2) is 72.7 Å². The van der Waals surface area contributed by atoms with Gasteiger partial charge in [-0.3, -0.25) is 14.4 Å². The van der Waals surface area contributed by atoms with Gasteiger partial charge in [0, 0.05) is 5.75 Å². The summed E-state index contributed by atoms with van der Waals surface area (Å²) < 4.78 is 4.76. The zero-order chi connectivity index (χ0) is 23.4. The number of nitrogens with one attached hydrogen (secondary N) is 3. The first-order valence-corrected chi connectivity index (χ1v) is 11.9. The van der Waals surface area contributed by atoms with Gasteiger partial charge >= 0.3 is 5.97 Å². The Morgan fingerprint density at radius 2 is 1.40 bits per heavy atom. The molecule has 4 unspecified atom stereocenters. The number of thiol groups is 1. The maximum Gasteiger partial charge on any atom is 0.328 e. The number of amides is 3. The zero-order valence-corrected chi connectivity index (χ0v) is 20.3. The van der Waals surface area contributed by atoms with Crippen molar-refractivity contribution in [2.45, 2.75) is 58.3 Å². The second-order valence-electron chi connectivity index (χ2n) is 7.62. The lowest BCUT2D eigenvalue weighted by Crippen LogP contribution is -2.59. The van der Waals surface area contributed by atoms with Gasteiger partial charge in [-0.25, -0.2) is 4.79 Å². The molecule has 5 N–H and O–H groups in total. The lowest BCUT2D eigenvalue weighted by molar-refractivity contribution is -0.145. The van der Waals surface area contributed by atoms with Crippen molar-refractivity contribution in [1.82, 2.24) is 16.0 Å². The molecule has 0 aliphatic heterocycles. The molecule has 0 spiro atoms. The number of rotatable bonds is 13. The van der Waals surface area contributed by atoms with Crippen molar-refractivity contribution in [3.05, 3.63) is 0 Å². The molecule has 0 aliphatic rings. The summed E-state index contributed by atoms with van der Waals surface area (Å²) in [6.45, 7) is 7.10. The molecular weight excluding hydrogens is 428 g/mol. The smallest absolute Gasteiger partial charge is 0.328 e. The third-order valence-electron chi connectivity index (χ3n) is 4.44. The van der Waals surface area contributed by atoms with E-state index in [0.717, 1.165) is 0 Å². The minimum atomic E-state index is -0.893. The molecule has 0 aliphatic carbocycles. The maximum atomic E-state index is 12.8. The third kappa shape index (κ3) is 9.57. The van der Waals surface area contributed by atoms with Crippen molar-refractivity contribution in [2.24, 2.45) is 17.6 Å². The van der Waals surface area contributed by atoms with E-state index in [1.807, 2.05) is 6.26 Å². The molecule has 0 aromatic carbocycles. The number of thioether (sulfide) groups is 1. The molecule has 174 valence electrons. The van der Waals surface area contributed by atoms with Gasteiger partial charge in [-0.15, -0.1) is 0 Å². The summed E-state index contributed by atoms with van der Waals surface area (Å²) in [4.78, 5) is 49.7. The van der Waals surface area contributed by atoms with E-state index >= 15 is 0 Å². The summed E-state index contributed by atoms with van der Waals surface area (Å²) in [5, 5.41) is 7.97. The van der Waals surface area contributed by atoms with E-state index in [-0.39, 0.29) is 17.6 Å². The Morgan fingerprint density at radius 3 is 1.80 bits per heavy atom. The van der Waals surface area contributed by atoms with Crippen LogP contribution in [0.2, 0.25) is 0 Å². The average Bonchev–Trinajstić information content (AvgIpc) is 2.70. The lowest BCUT2D eigenvalue weighted by atomic mass is 9.99. The predicted octanol–water partition coefficient (Wildman–Crippen LogP) is -0.0640. The highest BCUT2D eigenvalue weighted by atomic mass is 32.2. The van der Waals surface area contributed by atoms with Crippen LogP contribution in [0.1, 0.15) is 34.1 Å². The van der Waals surface area contributed by atoms with E-state index < -0.39 is 47.9 Å². The van der Waals surface area contributed by atoms with Gasteiger partial charge in [0.1, 0.15) is 18.1 Å². The van der Waals surface area contributed by atoms with Crippen molar-refractivity contribution >= 4 is 48.1 Å². The van der Waals surface area contributed by atoms with Gasteiger partial charge in [-0.2, -0.15) is 24.4 Å². The first kappa shape index (κ1) is 28.5. The van der Waals surface area contributed by atoms with Crippen molar-refractivity contribution in [3.63, 3.8) is 0 Å². The summed E-state index contributed by atoms with van der Waals surface area (Å²) in [6.07, 6.45) is 2.30. The zero-order valence-electron chi connectivity index (χ0n) is 18.6. The minimum absolute atomic E-state index is 0.139. The van der Waals surface area contributed by atoms with Crippen LogP contribution in [0.15, 0.2) is 0 Å². The summed E-state index contributed by atoms with van der Waals surface area (Å²) in [7, 11) is 1.26. The predicted molar refractivity (Wildman–Crippen MR) is 122 cm³/mol. The molecule has 0 fully saturated rings. The number of ether oxygens (including phenoxy) is 1. The van der Waals surface area contributed by atoms with Crippen molar-refractivity contribution < 1.29 is 23.9 Å². The molecule has 0 bridgehead atoms. The fraction of sp³-hybridized carbons (Fsp3) is 0.789. The Balaban J connectivity index is 5.34. The highest BCUT2D eigenvalue weighted by Gasteiger charge is 2.33. The Hall–Kier alpha value is -1.46. The second kappa shape index (κ2) is 14.5. The molecule has 11 heteroatoms. The second-order valence-corrected chi connectivity index (χ2v) is 8.97. The average molecular weight is 465 g/mol. The van der Waals surface area contributed by atoms with Gasteiger partial charge in [0.2, 0.25) is 17.7 Å². The Labute approximate surface area is 188 Å². The van der Waals surface area contributed by atoms with E-state index in [4.69, 9.17) is 10.5 Å². The Kier molecular flexibility index (Phi) is 13.8. The van der Waals surface area contributed by atoms with Crippen LogP contribution in [0.5, 0.6) is 0 Å². The lowest BCUT2D eigenvalue weighted by Gasteiger charge is -2.28. The minimum Gasteiger partial charge on any atom is -0.467 e. The highest BCUT2D eigenvalue weighted by molar-refractivity contribution is 7.98. The molecule has 9 nitrogen and oxygen atoms in total. The van der Waals surface area contributed by atoms with E-state index in [1.165, 1.54) is 7.11 Å². The maximum absolute atomic E-state index is 12.8. The van der Waals surface area contributed by atoms with Crippen LogP contribution in [0, 0.1) is 11.8 Å². The summed E-state index contributed by atoms with van der Waals surface area (Å²) in [6, 6.07) is -3.41. The largest absolute Gasteiger partial charge is 0.467 e. The Morgan fingerprint density at radius 1 is 0.933 bits per heavy atom. The fourth-order valence-corrected chi connectivity index (χ4v) is 3.18. The van der Waals surface area contributed by atoms with Crippen molar-refractivity contribution in [2.75, 3.05) is 24.9 Å². The standard InChI is InChI=1S/C19H36N4O5S2/c1-10(2)14(17(25)21-13(7-8-30-6)19(27)28-5)23-18(26)15(11(3)4)22-16(24)12(20)9-29/h10-15,29H,7-9,20H2,1-6H3,(H,21,25)(H,22,24)(H,23,26). The molecule has 3 amide bonds. The van der Waals surface area contributed by atoms with E-state index in [1.54, 1.807) is 39.5 Å². The topological polar surface area (TPSA) is 140 Å². The first-order chi connectivity index (χ1) is 14.0. The molecule has 0 radical (unpaired) electrons. The summed E-state index contributed by atoms with van der Waals surface area (Å²) >= 11 is 5.53. The van der Waals surface area contributed by atoms with Crippen LogP contribution < -0.4 is 21.7 Å². The highest BCUT2D eigenvalue weighted by Crippen LogP contribution is 2.09. The van der Waals surface area contributed by atoms with Crippen LogP contribution in [-0.2, 0) is 23.9 Å². The normalized spacial score (nSPS) is 15.1. The number of nitrogens with two attached hydrogens (primary N) is 1. The quantitative estimate of drug-likeness (QED) is 0.190. The molecule has 0 aromatic rings. The SMILES string of the molecule is COC(=O)C(CCSC)NC(=O)C(NC(=O)C(NC(=O)C(N)CS)C(C)C)C(C)C. The molecule has 0 saturated heterocycles. The molecule has 0 aromatic heterocycles. The van der Waals surface area contributed by atoms with Gasteiger partial charge in [0.05, 0.1) is 13.2 Å². The Bertz CT molecular complexity index is 589. The molecule has 4 atom stereocenters. The molecule has 0 saturated carbocycles. The molecular formula is C19H36N4O5S2. The van der Waals surface area contributed by atoms with Crippen LogP contribution in [0.3, 0.4) is 0 Å². The number of hydrogen-bond acceptors (Lipinski definition) is 8. The molecule has 0 heterocycles. The van der Waals surface area contributed by atoms with E-state index in [9.17, 15) is 19.2 Å². The number of carbonyl (C=O) groups is 4. The van der Waals surface area contributed by atoms with Gasteiger partial charge in [-0.05, 0) is 30.3 Å². The number of hydrogen-bond donors (Lipinski definition) is 5. The summed E-state index contributed by atoms with van der Waals surface area (Å²) in [5.74, 6) is -1.72. The van der Waals surface area contributed by atoms with Crippen molar-refractivity contribution in [3.8, 4) is 0 Å². The molecule has 30 heavy (non-hydrogen) atoms. The van der Waals surface area contributed by atoms with Gasteiger partial charge in [0.15, 0.2) is 0 Å². The first-order valence-electron chi connectivity index (χ1n) is 9.84.